The summed E-state index contributed by atoms with van der Waals surface area (Å²) in [6.07, 6.45) is 1.52. The summed E-state index contributed by atoms with van der Waals surface area (Å²) in [4.78, 5) is 17.8. The van der Waals surface area contributed by atoms with Crippen molar-refractivity contribution in [2.24, 2.45) is 5.73 Å². The Hall–Kier alpha value is -4.70. The van der Waals surface area contributed by atoms with Gasteiger partial charge in [0.2, 0.25) is 0 Å². The van der Waals surface area contributed by atoms with Gasteiger partial charge in [-0.15, -0.1) is 0 Å². The van der Waals surface area contributed by atoms with Crippen LogP contribution in [-0.2, 0) is 11.0 Å². The zero-order chi connectivity index (χ0) is 28.7. The highest BCUT2D eigenvalue weighted by Crippen LogP contribution is 2.47. The van der Waals surface area contributed by atoms with Gasteiger partial charge in [0.25, 0.3) is 5.91 Å². The molecule has 2 aromatic heterocycles. The van der Waals surface area contributed by atoms with Crippen molar-refractivity contribution in [2.45, 2.75) is 24.9 Å². The number of amides is 1. The molecule has 4 N–H and O–H groups in total. The maximum Gasteiger partial charge on any atom is 0.251 e. The van der Waals surface area contributed by atoms with Crippen LogP contribution in [0, 0.1) is 5.82 Å². The number of hydrogen-bond donors (Lipinski definition) is 3. The van der Waals surface area contributed by atoms with Crippen molar-refractivity contribution < 1.29 is 28.3 Å². The number of methoxy groups -OCH3 is 1. The lowest BCUT2D eigenvalue weighted by Gasteiger charge is -2.27. The summed E-state index contributed by atoms with van der Waals surface area (Å²) in [5.41, 5.74) is 7.20. The molecule has 1 aliphatic heterocycles. The molecule has 0 fully saturated rings. The number of pyridine rings is 1. The van der Waals surface area contributed by atoms with Gasteiger partial charge >= 0.3 is 0 Å². The van der Waals surface area contributed by atoms with Gasteiger partial charge in [0, 0.05) is 28.5 Å². The Labute approximate surface area is 230 Å². The molecule has 0 spiro atoms. The number of nitrogens with two attached hydrogens (primary N) is 1. The molecule has 0 bridgehead atoms. The van der Waals surface area contributed by atoms with Gasteiger partial charge in [0.15, 0.2) is 5.76 Å². The van der Waals surface area contributed by atoms with E-state index in [0.29, 0.717) is 50.9 Å². The van der Waals surface area contributed by atoms with Crippen molar-refractivity contribution in [2.75, 3.05) is 20.3 Å². The van der Waals surface area contributed by atoms with E-state index in [-0.39, 0.29) is 18.8 Å². The first-order chi connectivity index (χ1) is 19.0. The van der Waals surface area contributed by atoms with E-state index in [9.17, 15) is 14.3 Å². The number of benzene rings is 2. The van der Waals surface area contributed by atoms with E-state index in [0.717, 1.165) is 0 Å². The monoisotopic (exact) mass is 544 g/mol. The minimum atomic E-state index is -1.59. The Balaban J connectivity index is 1.45. The van der Waals surface area contributed by atoms with Crippen LogP contribution in [0.4, 0.5) is 4.39 Å². The first-order valence-corrected chi connectivity index (χ1v) is 12.5. The van der Waals surface area contributed by atoms with Crippen molar-refractivity contribution in [3.05, 3.63) is 95.7 Å². The Morgan fingerprint density at radius 2 is 2.00 bits per heavy atom. The zero-order valence-corrected chi connectivity index (χ0v) is 22.3. The van der Waals surface area contributed by atoms with Crippen LogP contribution in [0.5, 0.6) is 11.5 Å². The molecule has 0 radical (unpaired) electrons. The second kappa shape index (κ2) is 10.1. The summed E-state index contributed by atoms with van der Waals surface area (Å²) < 4.78 is 30.3. The second-order valence-electron chi connectivity index (χ2n) is 10.1. The van der Waals surface area contributed by atoms with Gasteiger partial charge in [0.1, 0.15) is 35.2 Å². The molecule has 40 heavy (non-hydrogen) atoms. The Bertz CT molecular complexity index is 1580. The number of nitrogens with one attached hydrogen (secondary N) is 1. The first-order valence-electron chi connectivity index (χ1n) is 12.5. The second-order valence-corrected chi connectivity index (χ2v) is 10.1. The molecule has 4 aromatic rings. The van der Waals surface area contributed by atoms with Gasteiger partial charge in [-0.3, -0.25) is 4.79 Å². The molecular formula is C30H29FN4O5. The number of carbonyl (C=O) groups excluding carboxylic acids is 1. The molecule has 0 aliphatic carbocycles. The molecule has 10 heteroatoms. The normalized spacial score (nSPS) is 17.4. The van der Waals surface area contributed by atoms with E-state index in [1.807, 2.05) is 6.92 Å². The molecule has 0 saturated carbocycles. The number of halogens is 1. The fraction of sp³-hybridized carbons (Fsp3) is 0.233. The van der Waals surface area contributed by atoms with Crippen molar-refractivity contribution in [1.82, 2.24) is 15.5 Å². The van der Waals surface area contributed by atoms with Crippen molar-refractivity contribution >= 4 is 5.91 Å². The minimum Gasteiger partial charge on any atom is -0.496 e. The SMILES string of the molecule is C=C(N)[C@@]1(C)COc2c1cc([C@@](C)(O)CNC(=O)c1ccc(-c3ccno3)c(OC)c1)nc2-c1ccc(F)cc1. The Morgan fingerprint density at radius 1 is 1.25 bits per heavy atom. The number of rotatable bonds is 8. The fourth-order valence-electron chi connectivity index (χ4n) is 4.56. The number of carbonyl (C=O) groups is 1. The van der Waals surface area contributed by atoms with Crippen LogP contribution in [0.25, 0.3) is 22.6 Å². The molecule has 1 aliphatic rings. The summed E-state index contributed by atoms with van der Waals surface area (Å²) >= 11 is 0. The van der Waals surface area contributed by atoms with E-state index in [1.165, 1.54) is 25.4 Å². The van der Waals surface area contributed by atoms with E-state index in [1.54, 1.807) is 49.4 Å². The average Bonchev–Trinajstić information content (AvgIpc) is 3.60. The summed E-state index contributed by atoms with van der Waals surface area (Å²) in [7, 11) is 1.49. The third-order valence-electron chi connectivity index (χ3n) is 7.21. The highest BCUT2D eigenvalue weighted by molar-refractivity contribution is 5.95. The summed E-state index contributed by atoms with van der Waals surface area (Å²) in [6, 6.07) is 14.1. The van der Waals surface area contributed by atoms with Gasteiger partial charge in [0.05, 0.1) is 36.5 Å². The van der Waals surface area contributed by atoms with E-state index in [4.69, 9.17) is 24.7 Å². The maximum absolute atomic E-state index is 13.7. The lowest BCUT2D eigenvalue weighted by molar-refractivity contribution is 0.0489. The lowest BCUT2D eigenvalue weighted by atomic mass is 9.80. The number of nitrogens with zero attached hydrogens (tertiary/aromatic N) is 2. The quantitative estimate of drug-likeness (QED) is 0.299. The predicted molar refractivity (Wildman–Crippen MR) is 146 cm³/mol. The molecule has 206 valence electrons. The fourth-order valence-corrected chi connectivity index (χ4v) is 4.56. The Kier molecular flexibility index (Phi) is 6.80. The van der Waals surface area contributed by atoms with Gasteiger partial charge in [-0.2, -0.15) is 0 Å². The molecule has 1 amide bonds. The van der Waals surface area contributed by atoms with Crippen molar-refractivity contribution in [1.29, 1.82) is 0 Å². The first kappa shape index (κ1) is 26.9. The van der Waals surface area contributed by atoms with Crippen molar-refractivity contribution in [3.63, 3.8) is 0 Å². The van der Waals surface area contributed by atoms with Gasteiger partial charge in [-0.25, -0.2) is 9.37 Å². The van der Waals surface area contributed by atoms with Gasteiger partial charge in [-0.05, 0) is 62.4 Å². The number of fused-ring (bicyclic) bond motifs is 1. The zero-order valence-electron chi connectivity index (χ0n) is 22.3. The van der Waals surface area contributed by atoms with Gasteiger partial charge < -0.3 is 30.2 Å². The molecule has 2 atom stereocenters. The highest BCUT2D eigenvalue weighted by atomic mass is 19.1. The van der Waals surface area contributed by atoms with Crippen LogP contribution in [0.3, 0.4) is 0 Å². The third-order valence-corrected chi connectivity index (χ3v) is 7.21. The van der Waals surface area contributed by atoms with E-state index in [2.05, 4.69) is 17.1 Å². The molecule has 3 heterocycles. The summed E-state index contributed by atoms with van der Waals surface area (Å²) in [6.45, 7) is 7.46. The molecule has 0 unspecified atom stereocenters. The minimum absolute atomic E-state index is 0.159. The molecule has 5 rings (SSSR count). The summed E-state index contributed by atoms with van der Waals surface area (Å²) in [5, 5.41) is 18.0. The molecular weight excluding hydrogens is 515 g/mol. The maximum atomic E-state index is 13.7. The Morgan fingerprint density at radius 3 is 2.65 bits per heavy atom. The summed E-state index contributed by atoms with van der Waals surface area (Å²) in [5.74, 6) is 0.608. The predicted octanol–water partition coefficient (Wildman–Crippen LogP) is 4.31. The number of ether oxygens (including phenoxy) is 2. The van der Waals surface area contributed by atoms with Crippen molar-refractivity contribution in [3.8, 4) is 34.1 Å². The largest absolute Gasteiger partial charge is 0.496 e. The van der Waals surface area contributed by atoms with Crippen LogP contribution in [-0.4, -0.2) is 41.4 Å². The van der Waals surface area contributed by atoms with Gasteiger partial charge in [-0.1, -0.05) is 11.7 Å². The van der Waals surface area contributed by atoms with Crippen LogP contribution < -0.4 is 20.5 Å². The average molecular weight is 545 g/mol. The van der Waals surface area contributed by atoms with E-state index >= 15 is 0 Å². The lowest BCUT2D eigenvalue weighted by Crippen LogP contribution is -2.39. The number of aliphatic hydroxyl groups is 1. The van der Waals surface area contributed by atoms with Crippen LogP contribution >= 0.6 is 0 Å². The topological polar surface area (TPSA) is 133 Å². The third kappa shape index (κ3) is 4.77. The number of aromatic nitrogens is 2. The highest BCUT2D eigenvalue weighted by Gasteiger charge is 2.42. The standard InChI is InChI=1S/C30H29FN4O5/c1-17(32)29(2)16-39-27-22(29)14-25(35-26(27)18-5-8-20(31)9-6-18)30(3,37)15-33-28(36)19-7-10-21(24(13-19)38-4)23-11-12-34-40-23/h5-14,37H,1,15-16,32H2,2-4H3,(H,33,36)/t29-,30+/m1/s1. The molecule has 0 saturated heterocycles. The van der Waals surface area contributed by atoms with Crippen LogP contribution in [0.15, 0.2) is 77.6 Å². The van der Waals surface area contributed by atoms with Crippen LogP contribution in [0.2, 0.25) is 0 Å². The number of hydrogen-bond acceptors (Lipinski definition) is 8. The molecule has 2 aromatic carbocycles. The van der Waals surface area contributed by atoms with E-state index < -0.39 is 22.7 Å². The molecule has 9 nitrogen and oxygen atoms in total. The smallest absolute Gasteiger partial charge is 0.251 e. The van der Waals surface area contributed by atoms with Crippen LogP contribution in [0.1, 0.15) is 35.5 Å².